The predicted molar refractivity (Wildman–Crippen MR) is 95.8 cm³/mol. The number of benzene rings is 1. The molecule has 0 saturated carbocycles. The molecule has 0 N–H and O–H groups in total. The highest BCUT2D eigenvalue weighted by atomic mass is 16.5. The summed E-state index contributed by atoms with van der Waals surface area (Å²) in [5.74, 6) is 1.40. The van der Waals surface area contributed by atoms with E-state index in [0.717, 1.165) is 22.6 Å². The van der Waals surface area contributed by atoms with Crippen LogP contribution in [0.5, 0.6) is 5.75 Å². The summed E-state index contributed by atoms with van der Waals surface area (Å²) in [5, 5.41) is 8.03. The maximum atomic E-state index is 12.5. The van der Waals surface area contributed by atoms with E-state index in [1.807, 2.05) is 27.1 Å². The zero-order valence-electron chi connectivity index (χ0n) is 15.4. The number of hydrogen-bond acceptors (Lipinski definition) is 5. The fourth-order valence-corrected chi connectivity index (χ4v) is 2.68. The molecule has 0 aliphatic rings. The van der Waals surface area contributed by atoms with Gasteiger partial charge in [0.05, 0.1) is 17.5 Å². The summed E-state index contributed by atoms with van der Waals surface area (Å²) in [7, 11) is 3.63. The van der Waals surface area contributed by atoms with Crippen LogP contribution in [0.25, 0.3) is 0 Å². The van der Waals surface area contributed by atoms with Crippen molar-refractivity contribution in [2.75, 3.05) is 7.05 Å². The summed E-state index contributed by atoms with van der Waals surface area (Å²) in [6, 6.07) is 7.13. The average Bonchev–Trinajstić information content (AvgIpc) is 3.18. The molecule has 3 rings (SSSR count). The number of amides is 1. The molecule has 1 aromatic carbocycles. The maximum absolute atomic E-state index is 12.5. The van der Waals surface area contributed by atoms with Gasteiger partial charge in [0.2, 0.25) is 0 Å². The molecular weight excluding hydrogens is 332 g/mol. The van der Waals surface area contributed by atoms with Crippen LogP contribution in [0.3, 0.4) is 0 Å². The molecule has 136 valence electrons. The van der Waals surface area contributed by atoms with Crippen LogP contribution in [-0.4, -0.2) is 32.8 Å². The van der Waals surface area contributed by atoms with Gasteiger partial charge in [0, 0.05) is 38.0 Å². The molecule has 0 saturated heterocycles. The Balaban J connectivity index is 1.60. The Bertz CT molecular complexity index is 876. The lowest BCUT2D eigenvalue weighted by Gasteiger charge is -2.16. The van der Waals surface area contributed by atoms with Gasteiger partial charge in [-0.1, -0.05) is 5.16 Å². The summed E-state index contributed by atoms with van der Waals surface area (Å²) < 4.78 is 12.6. The Morgan fingerprint density at radius 2 is 2.00 bits per heavy atom. The summed E-state index contributed by atoms with van der Waals surface area (Å²) in [6.45, 7) is 4.64. The van der Waals surface area contributed by atoms with E-state index in [0.29, 0.717) is 24.5 Å². The molecule has 0 spiro atoms. The van der Waals surface area contributed by atoms with Crippen LogP contribution in [-0.2, 0) is 20.2 Å². The number of hydrogen-bond donors (Lipinski definition) is 0. The molecule has 0 unspecified atom stereocenters. The Morgan fingerprint density at radius 1 is 1.27 bits per heavy atom. The first-order chi connectivity index (χ1) is 12.4. The van der Waals surface area contributed by atoms with Gasteiger partial charge in [0.1, 0.15) is 18.1 Å². The van der Waals surface area contributed by atoms with E-state index in [1.54, 1.807) is 47.1 Å². The molecule has 2 heterocycles. The second kappa shape index (κ2) is 7.43. The number of carbonyl (C=O) groups is 1. The number of nitrogens with zero attached hydrogens (tertiary/aromatic N) is 4. The quantitative estimate of drug-likeness (QED) is 0.680. The van der Waals surface area contributed by atoms with Crippen LogP contribution in [0.15, 0.2) is 41.2 Å². The summed E-state index contributed by atoms with van der Waals surface area (Å²) in [4.78, 5) is 14.2. The number of aryl methyl sites for hydroxylation is 3. The third kappa shape index (κ3) is 3.93. The zero-order chi connectivity index (χ0) is 18.7. The highest BCUT2D eigenvalue weighted by Crippen LogP contribution is 2.18. The lowest BCUT2D eigenvalue weighted by Crippen LogP contribution is -2.25. The van der Waals surface area contributed by atoms with Crippen LogP contribution < -0.4 is 4.74 Å². The summed E-state index contributed by atoms with van der Waals surface area (Å²) >= 11 is 0. The van der Waals surface area contributed by atoms with Gasteiger partial charge in [-0.05, 0) is 38.1 Å². The van der Waals surface area contributed by atoms with Gasteiger partial charge in [-0.2, -0.15) is 5.10 Å². The number of carbonyl (C=O) groups excluding carboxylic acids is 1. The van der Waals surface area contributed by atoms with Crippen LogP contribution >= 0.6 is 0 Å². The molecule has 0 bridgehead atoms. The third-order valence-corrected chi connectivity index (χ3v) is 4.19. The Kier molecular flexibility index (Phi) is 5.06. The third-order valence-electron chi connectivity index (χ3n) is 4.19. The van der Waals surface area contributed by atoms with Crippen LogP contribution in [0.1, 0.15) is 32.9 Å². The van der Waals surface area contributed by atoms with Crippen LogP contribution in [0.2, 0.25) is 0 Å². The van der Waals surface area contributed by atoms with E-state index in [4.69, 9.17) is 9.26 Å². The number of ether oxygens (including phenoxy) is 1. The van der Waals surface area contributed by atoms with Crippen molar-refractivity contribution in [2.24, 2.45) is 7.05 Å². The van der Waals surface area contributed by atoms with Crippen molar-refractivity contribution in [1.29, 1.82) is 0 Å². The Labute approximate surface area is 152 Å². The smallest absolute Gasteiger partial charge is 0.253 e. The predicted octanol–water partition coefficient (Wildman–Crippen LogP) is 2.88. The highest BCUT2D eigenvalue weighted by Gasteiger charge is 2.14. The van der Waals surface area contributed by atoms with Crippen molar-refractivity contribution in [3.63, 3.8) is 0 Å². The van der Waals surface area contributed by atoms with Gasteiger partial charge in [-0.15, -0.1) is 0 Å². The van der Waals surface area contributed by atoms with E-state index in [-0.39, 0.29) is 5.91 Å². The van der Waals surface area contributed by atoms with Crippen molar-refractivity contribution in [2.45, 2.75) is 27.0 Å². The van der Waals surface area contributed by atoms with Crippen LogP contribution in [0, 0.1) is 13.8 Å². The summed E-state index contributed by atoms with van der Waals surface area (Å²) in [5.41, 5.74) is 3.37. The lowest BCUT2D eigenvalue weighted by atomic mass is 10.2. The molecule has 0 aliphatic heterocycles. The number of aromatic nitrogens is 3. The normalized spacial score (nSPS) is 10.8. The van der Waals surface area contributed by atoms with E-state index in [1.165, 1.54) is 0 Å². The van der Waals surface area contributed by atoms with Crippen LogP contribution in [0.4, 0.5) is 0 Å². The maximum Gasteiger partial charge on any atom is 0.253 e. The second-order valence-electron chi connectivity index (χ2n) is 6.30. The fraction of sp³-hybridized carbons (Fsp3) is 0.316. The minimum absolute atomic E-state index is 0.0499. The Hall–Kier alpha value is -3.09. The van der Waals surface area contributed by atoms with Crippen molar-refractivity contribution in [3.05, 3.63) is 64.8 Å². The molecule has 0 atom stereocenters. The lowest BCUT2D eigenvalue weighted by molar-refractivity contribution is 0.0785. The molecule has 2 aromatic heterocycles. The minimum Gasteiger partial charge on any atom is -0.489 e. The van der Waals surface area contributed by atoms with Gasteiger partial charge in [-0.25, -0.2) is 0 Å². The molecular formula is C19H22N4O3. The van der Waals surface area contributed by atoms with E-state index < -0.39 is 0 Å². The number of rotatable bonds is 6. The first kappa shape index (κ1) is 17.7. The molecule has 3 aromatic rings. The van der Waals surface area contributed by atoms with E-state index >= 15 is 0 Å². The highest BCUT2D eigenvalue weighted by molar-refractivity contribution is 5.94. The zero-order valence-corrected chi connectivity index (χ0v) is 15.4. The first-order valence-electron chi connectivity index (χ1n) is 8.31. The van der Waals surface area contributed by atoms with Gasteiger partial charge in [0.25, 0.3) is 5.91 Å². The molecule has 26 heavy (non-hydrogen) atoms. The molecule has 0 aliphatic carbocycles. The minimum atomic E-state index is -0.0499. The van der Waals surface area contributed by atoms with Gasteiger partial charge in [-0.3, -0.25) is 9.48 Å². The standard InChI is InChI=1S/C19H22N4O3/c1-13-18(14(2)26-21-13)12-25-17-7-5-16(6-8-17)19(24)22(3)10-15-9-20-23(4)11-15/h5-9,11H,10,12H2,1-4H3. The molecule has 7 nitrogen and oxygen atoms in total. The topological polar surface area (TPSA) is 73.4 Å². The van der Waals surface area contributed by atoms with Gasteiger partial charge >= 0.3 is 0 Å². The van der Waals surface area contributed by atoms with Crippen molar-refractivity contribution < 1.29 is 14.1 Å². The molecule has 7 heteroatoms. The molecule has 1 amide bonds. The molecule has 0 fully saturated rings. The SMILES string of the molecule is Cc1noc(C)c1COc1ccc(C(=O)N(C)Cc2cnn(C)c2)cc1. The largest absolute Gasteiger partial charge is 0.489 e. The average molecular weight is 354 g/mol. The fourth-order valence-electron chi connectivity index (χ4n) is 2.68. The second-order valence-corrected chi connectivity index (χ2v) is 6.30. The summed E-state index contributed by atoms with van der Waals surface area (Å²) in [6.07, 6.45) is 3.66. The van der Waals surface area contributed by atoms with Crippen molar-refractivity contribution in [3.8, 4) is 5.75 Å². The Morgan fingerprint density at radius 3 is 2.58 bits per heavy atom. The van der Waals surface area contributed by atoms with Gasteiger partial charge < -0.3 is 14.2 Å². The van der Waals surface area contributed by atoms with E-state index in [2.05, 4.69) is 10.3 Å². The van der Waals surface area contributed by atoms with Crippen molar-refractivity contribution in [1.82, 2.24) is 19.8 Å². The van der Waals surface area contributed by atoms with Gasteiger partial charge in [0.15, 0.2) is 0 Å². The first-order valence-corrected chi connectivity index (χ1v) is 8.31. The van der Waals surface area contributed by atoms with E-state index in [9.17, 15) is 4.79 Å². The molecule has 0 radical (unpaired) electrons. The van der Waals surface area contributed by atoms with Crippen molar-refractivity contribution >= 4 is 5.91 Å². The monoisotopic (exact) mass is 354 g/mol.